The molecule has 2 heterocycles. The van der Waals surface area contributed by atoms with Crippen LogP contribution in [0.4, 0.5) is 0 Å². The van der Waals surface area contributed by atoms with Gasteiger partial charge in [0.25, 0.3) is 0 Å². The highest BCUT2D eigenvalue weighted by Crippen LogP contribution is 2.09. The van der Waals surface area contributed by atoms with E-state index in [0.29, 0.717) is 6.42 Å². The molecular formula is C8H12N6. The normalized spacial score (nSPS) is 13.0. The summed E-state index contributed by atoms with van der Waals surface area (Å²) in [6.45, 7) is 0. The number of nitrogens with one attached hydrogen (secondary N) is 1. The summed E-state index contributed by atoms with van der Waals surface area (Å²) in [6, 6.07) is -0.151. The van der Waals surface area contributed by atoms with Crippen molar-refractivity contribution in [2.45, 2.75) is 12.5 Å². The van der Waals surface area contributed by atoms with E-state index in [9.17, 15) is 0 Å². The van der Waals surface area contributed by atoms with Gasteiger partial charge >= 0.3 is 0 Å². The van der Waals surface area contributed by atoms with Crippen molar-refractivity contribution in [3.63, 3.8) is 0 Å². The molecule has 14 heavy (non-hydrogen) atoms. The maximum Gasteiger partial charge on any atom is 0.123 e. The minimum absolute atomic E-state index is 0.151. The number of nitrogens with zero attached hydrogens (tertiary/aromatic N) is 4. The monoisotopic (exact) mass is 192 g/mol. The quantitative estimate of drug-likeness (QED) is 0.704. The summed E-state index contributed by atoms with van der Waals surface area (Å²) in [4.78, 5) is 8.57. The first-order chi connectivity index (χ1) is 6.75. The fourth-order valence-corrected chi connectivity index (χ4v) is 1.28. The standard InChI is InChI=1S/C8H12N6/c1-14-12-5-6(13-14)4-7(9)8-10-2-3-11-8/h2-3,5,7H,4,9H2,1H3,(H,10,11). The highest BCUT2D eigenvalue weighted by atomic mass is 15.4. The van der Waals surface area contributed by atoms with Crippen LogP contribution in [0.25, 0.3) is 0 Å². The molecule has 0 aliphatic carbocycles. The zero-order valence-electron chi connectivity index (χ0n) is 7.88. The van der Waals surface area contributed by atoms with Crippen LogP contribution in [0.2, 0.25) is 0 Å². The Bertz CT molecular complexity index is 390. The summed E-state index contributed by atoms with van der Waals surface area (Å²) >= 11 is 0. The van der Waals surface area contributed by atoms with E-state index >= 15 is 0 Å². The summed E-state index contributed by atoms with van der Waals surface area (Å²) in [5.41, 5.74) is 6.78. The molecule has 0 radical (unpaired) electrons. The lowest BCUT2D eigenvalue weighted by Crippen LogP contribution is -2.15. The van der Waals surface area contributed by atoms with Gasteiger partial charge in [-0.3, -0.25) is 0 Å². The molecule has 0 bridgehead atoms. The molecule has 1 unspecified atom stereocenters. The third-order valence-corrected chi connectivity index (χ3v) is 1.95. The van der Waals surface area contributed by atoms with Crippen molar-refractivity contribution in [2.75, 3.05) is 0 Å². The second-order valence-electron chi connectivity index (χ2n) is 3.11. The SMILES string of the molecule is Cn1ncc(CC(N)c2ncc[nH]2)n1. The molecule has 0 aliphatic rings. The molecule has 2 aromatic heterocycles. The molecule has 1 atom stereocenters. The molecule has 0 aliphatic heterocycles. The van der Waals surface area contributed by atoms with Gasteiger partial charge in [0.1, 0.15) is 5.82 Å². The second-order valence-corrected chi connectivity index (χ2v) is 3.11. The first kappa shape index (κ1) is 8.89. The zero-order chi connectivity index (χ0) is 9.97. The first-order valence-corrected chi connectivity index (χ1v) is 4.36. The lowest BCUT2D eigenvalue weighted by molar-refractivity contribution is 0.620. The summed E-state index contributed by atoms with van der Waals surface area (Å²) in [6.07, 6.45) is 5.79. The van der Waals surface area contributed by atoms with Gasteiger partial charge in [-0.2, -0.15) is 15.0 Å². The smallest absolute Gasteiger partial charge is 0.123 e. The number of imidazole rings is 1. The van der Waals surface area contributed by atoms with Crippen molar-refractivity contribution in [1.29, 1.82) is 0 Å². The number of rotatable bonds is 3. The Morgan fingerprint density at radius 2 is 2.50 bits per heavy atom. The predicted octanol–water partition coefficient (Wildman–Crippen LogP) is -0.219. The largest absolute Gasteiger partial charge is 0.347 e. The molecule has 0 amide bonds. The van der Waals surface area contributed by atoms with Gasteiger partial charge in [-0.05, 0) is 0 Å². The molecule has 0 saturated carbocycles. The molecule has 6 heteroatoms. The topological polar surface area (TPSA) is 85.4 Å². The van der Waals surface area contributed by atoms with Crippen LogP contribution in [0.1, 0.15) is 17.6 Å². The van der Waals surface area contributed by atoms with Crippen molar-refractivity contribution in [3.8, 4) is 0 Å². The molecule has 0 aromatic carbocycles. The average molecular weight is 192 g/mol. The maximum atomic E-state index is 5.91. The number of aromatic amines is 1. The van der Waals surface area contributed by atoms with Crippen LogP contribution in [0, 0.1) is 0 Å². The molecule has 3 N–H and O–H groups in total. The summed E-state index contributed by atoms with van der Waals surface area (Å²) < 4.78 is 0. The second kappa shape index (κ2) is 3.59. The van der Waals surface area contributed by atoms with Crippen LogP contribution >= 0.6 is 0 Å². The maximum absolute atomic E-state index is 5.91. The van der Waals surface area contributed by atoms with Gasteiger partial charge in [0, 0.05) is 25.9 Å². The highest BCUT2D eigenvalue weighted by Gasteiger charge is 2.10. The Morgan fingerprint density at radius 3 is 3.07 bits per heavy atom. The Hall–Kier alpha value is -1.69. The van der Waals surface area contributed by atoms with Crippen LogP contribution in [0.15, 0.2) is 18.6 Å². The van der Waals surface area contributed by atoms with Gasteiger partial charge in [0.05, 0.1) is 17.9 Å². The van der Waals surface area contributed by atoms with Crippen molar-refractivity contribution in [2.24, 2.45) is 12.8 Å². The van der Waals surface area contributed by atoms with Gasteiger partial charge in [-0.15, -0.1) is 0 Å². The van der Waals surface area contributed by atoms with E-state index in [4.69, 9.17) is 5.73 Å². The number of nitrogens with two attached hydrogens (primary N) is 1. The van der Waals surface area contributed by atoms with Gasteiger partial charge in [-0.1, -0.05) is 0 Å². The minimum Gasteiger partial charge on any atom is -0.347 e. The fraction of sp³-hybridized carbons (Fsp3) is 0.375. The van der Waals surface area contributed by atoms with Crippen LogP contribution in [-0.4, -0.2) is 25.0 Å². The molecule has 74 valence electrons. The fourth-order valence-electron chi connectivity index (χ4n) is 1.28. The van der Waals surface area contributed by atoms with Gasteiger partial charge in [0.2, 0.25) is 0 Å². The molecule has 2 aromatic rings. The van der Waals surface area contributed by atoms with Crippen LogP contribution in [0.3, 0.4) is 0 Å². The zero-order valence-corrected chi connectivity index (χ0v) is 7.88. The average Bonchev–Trinajstić information content (AvgIpc) is 2.75. The van der Waals surface area contributed by atoms with Crippen molar-refractivity contribution >= 4 is 0 Å². The molecule has 2 rings (SSSR count). The van der Waals surface area contributed by atoms with E-state index in [-0.39, 0.29) is 6.04 Å². The molecule has 0 spiro atoms. The van der Waals surface area contributed by atoms with Gasteiger partial charge in [0.15, 0.2) is 0 Å². The summed E-state index contributed by atoms with van der Waals surface area (Å²) in [7, 11) is 1.78. The minimum atomic E-state index is -0.151. The van der Waals surface area contributed by atoms with E-state index in [1.54, 1.807) is 25.6 Å². The van der Waals surface area contributed by atoms with Crippen molar-refractivity contribution in [3.05, 3.63) is 30.1 Å². The van der Waals surface area contributed by atoms with E-state index in [2.05, 4.69) is 20.2 Å². The Morgan fingerprint density at radius 1 is 1.64 bits per heavy atom. The van der Waals surface area contributed by atoms with E-state index in [1.165, 1.54) is 4.80 Å². The predicted molar refractivity (Wildman–Crippen MR) is 50.2 cm³/mol. The lowest BCUT2D eigenvalue weighted by atomic mass is 10.2. The summed E-state index contributed by atoms with van der Waals surface area (Å²) in [5.74, 6) is 0.774. The van der Waals surface area contributed by atoms with Gasteiger partial charge in [-0.25, -0.2) is 4.98 Å². The van der Waals surface area contributed by atoms with Crippen LogP contribution in [0.5, 0.6) is 0 Å². The highest BCUT2D eigenvalue weighted by molar-refractivity contribution is 5.02. The Kier molecular flexibility index (Phi) is 2.28. The van der Waals surface area contributed by atoms with Crippen LogP contribution < -0.4 is 5.73 Å². The lowest BCUT2D eigenvalue weighted by Gasteiger charge is -2.04. The number of hydrogen-bond donors (Lipinski definition) is 2. The number of aromatic nitrogens is 5. The third-order valence-electron chi connectivity index (χ3n) is 1.95. The van der Waals surface area contributed by atoms with E-state index in [1.807, 2.05) is 0 Å². The number of aryl methyl sites for hydroxylation is 1. The number of H-pyrrole nitrogens is 1. The molecule has 0 fully saturated rings. The molecule has 0 saturated heterocycles. The number of hydrogen-bond acceptors (Lipinski definition) is 4. The van der Waals surface area contributed by atoms with E-state index in [0.717, 1.165) is 11.5 Å². The Labute approximate surface area is 81.1 Å². The van der Waals surface area contributed by atoms with Gasteiger partial charge < -0.3 is 10.7 Å². The van der Waals surface area contributed by atoms with Crippen molar-refractivity contribution < 1.29 is 0 Å². The Balaban J connectivity index is 2.05. The van der Waals surface area contributed by atoms with Crippen LogP contribution in [-0.2, 0) is 13.5 Å². The molecular weight excluding hydrogens is 180 g/mol. The third kappa shape index (κ3) is 1.80. The molecule has 6 nitrogen and oxygen atoms in total. The van der Waals surface area contributed by atoms with Crippen molar-refractivity contribution in [1.82, 2.24) is 25.0 Å². The van der Waals surface area contributed by atoms with E-state index < -0.39 is 0 Å². The first-order valence-electron chi connectivity index (χ1n) is 4.36. The summed E-state index contributed by atoms with van der Waals surface area (Å²) in [5, 5.41) is 8.11.